The second kappa shape index (κ2) is 6.02. The Balaban J connectivity index is 0.000000249. The second-order valence-corrected chi connectivity index (χ2v) is 4.66. The van der Waals surface area contributed by atoms with Crippen molar-refractivity contribution >= 4 is 6.09 Å². The van der Waals surface area contributed by atoms with Gasteiger partial charge in [-0.1, -0.05) is 12.2 Å². The fourth-order valence-corrected chi connectivity index (χ4v) is 2.72. The number of fused-ring (bicyclic) bond motifs is 1. The molecule has 2 heterocycles. The molecule has 0 aromatic carbocycles. The van der Waals surface area contributed by atoms with Crippen molar-refractivity contribution in [1.29, 1.82) is 0 Å². The van der Waals surface area contributed by atoms with Crippen molar-refractivity contribution in [2.24, 2.45) is 0 Å². The summed E-state index contributed by atoms with van der Waals surface area (Å²) < 4.78 is 5.30. The van der Waals surface area contributed by atoms with Gasteiger partial charge < -0.3 is 15.2 Å². The molecule has 0 spiro atoms. The number of nitrogens with zero attached hydrogens (tertiary/aromatic N) is 1. The van der Waals surface area contributed by atoms with Gasteiger partial charge in [-0.15, -0.1) is 0 Å². The molecule has 2 fully saturated rings. The van der Waals surface area contributed by atoms with Gasteiger partial charge in [-0.05, 0) is 25.8 Å². The van der Waals surface area contributed by atoms with Crippen LogP contribution in [0.5, 0.6) is 0 Å². The van der Waals surface area contributed by atoms with E-state index in [1.165, 1.54) is 32.0 Å². The number of methoxy groups -OCH3 is 1. The molecule has 2 rings (SSSR count). The summed E-state index contributed by atoms with van der Waals surface area (Å²) in [7, 11) is 3.15. The lowest BCUT2D eigenvalue weighted by Gasteiger charge is -2.30. The summed E-state index contributed by atoms with van der Waals surface area (Å²) in [6, 6.07) is 0. The minimum Gasteiger partial charge on any atom is -0.465 e. The van der Waals surface area contributed by atoms with Crippen LogP contribution in [0.4, 0.5) is 4.79 Å². The van der Waals surface area contributed by atoms with E-state index in [9.17, 15) is 4.79 Å². The number of amides is 1. The molecule has 98 valence electrons. The van der Waals surface area contributed by atoms with Gasteiger partial charge in [-0.3, -0.25) is 4.90 Å². The Bertz CT molecular complexity index is 293. The molecule has 1 amide bonds. The van der Waals surface area contributed by atoms with E-state index in [1.807, 2.05) is 5.32 Å². The van der Waals surface area contributed by atoms with Crippen molar-refractivity contribution in [3.05, 3.63) is 12.2 Å². The number of rotatable bonds is 2. The van der Waals surface area contributed by atoms with Gasteiger partial charge in [-0.2, -0.15) is 0 Å². The maximum absolute atomic E-state index is 9.26. The summed E-state index contributed by atoms with van der Waals surface area (Å²) >= 11 is 0. The van der Waals surface area contributed by atoms with E-state index in [0.29, 0.717) is 5.54 Å². The van der Waals surface area contributed by atoms with E-state index in [0.717, 1.165) is 19.6 Å². The first-order valence-corrected chi connectivity index (χ1v) is 5.85. The first-order valence-electron chi connectivity index (χ1n) is 5.85. The highest BCUT2D eigenvalue weighted by Gasteiger charge is 2.45. The molecule has 2 N–H and O–H groups in total. The van der Waals surface area contributed by atoms with Crippen LogP contribution in [0.3, 0.4) is 0 Å². The van der Waals surface area contributed by atoms with Gasteiger partial charge in [0.25, 0.3) is 0 Å². The number of hydrogen-bond acceptors (Lipinski definition) is 3. The SMILES string of the molecule is C=C1CN2CCCC2(COC)C1.CNC(=O)O. The third kappa shape index (κ3) is 3.44. The lowest BCUT2D eigenvalue weighted by molar-refractivity contribution is 0.0656. The first kappa shape index (κ1) is 14.0. The summed E-state index contributed by atoms with van der Waals surface area (Å²) in [6.45, 7) is 7.29. The second-order valence-electron chi connectivity index (χ2n) is 4.66. The van der Waals surface area contributed by atoms with E-state index in [-0.39, 0.29) is 0 Å². The average Bonchev–Trinajstić information content (AvgIpc) is 2.74. The lowest BCUT2D eigenvalue weighted by atomic mass is 9.94. The Kier molecular flexibility index (Phi) is 4.96. The van der Waals surface area contributed by atoms with E-state index < -0.39 is 6.09 Å². The van der Waals surface area contributed by atoms with Crippen LogP contribution in [0.15, 0.2) is 12.2 Å². The minimum atomic E-state index is -0.995. The van der Waals surface area contributed by atoms with Crippen LogP contribution < -0.4 is 5.32 Å². The third-order valence-corrected chi connectivity index (χ3v) is 3.36. The highest BCUT2D eigenvalue weighted by molar-refractivity contribution is 5.63. The van der Waals surface area contributed by atoms with Crippen LogP contribution in [0.2, 0.25) is 0 Å². The molecule has 2 aliphatic heterocycles. The molecule has 0 radical (unpaired) electrons. The predicted octanol–water partition coefficient (Wildman–Crippen LogP) is 1.31. The molecule has 0 aromatic rings. The third-order valence-electron chi connectivity index (χ3n) is 3.36. The van der Waals surface area contributed by atoms with Gasteiger partial charge in [0, 0.05) is 26.2 Å². The predicted molar refractivity (Wildman–Crippen MR) is 66.3 cm³/mol. The lowest BCUT2D eigenvalue weighted by Crippen LogP contribution is -2.42. The van der Waals surface area contributed by atoms with E-state index in [2.05, 4.69) is 11.5 Å². The number of nitrogens with one attached hydrogen (secondary N) is 1. The molecular formula is C12H22N2O3. The van der Waals surface area contributed by atoms with E-state index >= 15 is 0 Å². The Morgan fingerprint density at radius 2 is 2.35 bits per heavy atom. The molecule has 0 aromatic heterocycles. The van der Waals surface area contributed by atoms with Crippen LogP contribution in [0.1, 0.15) is 19.3 Å². The normalized spacial score (nSPS) is 27.3. The summed E-state index contributed by atoms with van der Waals surface area (Å²) in [6.07, 6.45) is 2.78. The summed E-state index contributed by atoms with van der Waals surface area (Å²) in [5, 5.41) is 9.56. The zero-order valence-corrected chi connectivity index (χ0v) is 10.7. The topological polar surface area (TPSA) is 61.8 Å². The Morgan fingerprint density at radius 1 is 1.71 bits per heavy atom. The maximum atomic E-state index is 9.26. The number of carboxylic acid groups (broad SMARTS) is 1. The summed E-state index contributed by atoms with van der Waals surface area (Å²) in [5.74, 6) is 0. The molecule has 0 aliphatic carbocycles. The molecule has 17 heavy (non-hydrogen) atoms. The Morgan fingerprint density at radius 3 is 2.88 bits per heavy atom. The van der Waals surface area contributed by atoms with Crippen molar-refractivity contribution in [2.75, 3.05) is 33.9 Å². The van der Waals surface area contributed by atoms with E-state index in [4.69, 9.17) is 9.84 Å². The van der Waals surface area contributed by atoms with Gasteiger partial charge >= 0.3 is 6.09 Å². The molecule has 1 unspecified atom stereocenters. The van der Waals surface area contributed by atoms with Gasteiger partial charge in [-0.25, -0.2) is 4.79 Å². The average molecular weight is 242 g/mol. The highest BCUT2D eigenvalue weighted by Crippen LogP contribution is 2.40. The largest absolute Gasteiger partial charge is 0.465 e. The number of hydrogen-bond donors (Lipinski definition) is 2. The molecule has 5 nitrogen and oxygen atoms in total. The number of ether oxygens (including phenoxy) is 1. The molecule has 1 atom stereocenters. The first-order chi connectivity index (χ1) is 8.04. The summed E-state index contributed by atoms with van der Waals surface area (Å²) in [4.78, 5) is 11.8. The van der Waals surface area contributed by atoms with Gasteiger partial charge in [0.05, 0.1) is 6.61 Å². The summed E-state index contributed by atoms with van der Waals surface area (Å²) in [5.41, 5.74) is 1.72. The van der Waals surface area contributed by atoms with Crippen LogP contribution in [-0.4, -0.2) is 55.5 Å². The molecular weight excluding hydrogens is 220 g/mol. The maximum Gasteiger partial charge on any atom is 0.404 e. The smallest absolute Gasteiger partial charge is 0.404 e. The monoisotopic (exact) mass is 242 g/mol. The zero-order valence-electron chi connectivity index (χ0n) is 10.7. The van der Waals surface area contributed by atoms with Gasteiger partial charge in [0.2, 0.25) is 0 Å². The fourth-order valence-electron chi connectivity index (χ4n) is 2.72. The molecule has 2 aliphatic rings. The van der Waals surface area contributed by atoms with Crippen molar-refractivity contribution in [2.45, 2.75) is 24.8 Å². The number of carbonyl (C=O) groups is 1. The minimum absolute atomic E-state index is 0.339. The standard InChI is InChI=1S/C10H17NO.C2H5NO2/c1-9-6-10(8-12-2)4-3-5-11(10)7-9;1-3-2(4)5/h1,3-8H2,2H3;3H,1H3,(H,4,5). The van der Waals surface area contributed by atoms with Crippen molar-refractivity contribution in [3.8, 4) is 0 Å². The quantitative estimate of drug-likeness (QED) is 0.717. The fraction of sp³-hybridized carbons (Fsp3) is 0.750. The molecule has 0 bridgehead atoms. The zero-order chi connectivity index (χ0) is 12.9. The van der Waals surface area contributed by atoms with Crippen LogP contribution in [0.25, 0.3) is 0 Å². The molecule has 5 heteroatoms. The van der Waals surface area contributed by atoms with Crippen molar-refractivity contribution in [3.63, 3.8) is 0 Å². The highest BCUT2D eigenvalue weighted by atomic mass is 16.5. The molecule has 2 saturated heterocycles. The van der Waals surface area contributed by atoms with Crippen LogP contribution in [0, 0.1) is 0 Å². The van der Waals surface area contributed by atoms with Crippen molar-refractivity contribution in [1.82, 2.24) is 10.2 Å². The van der Waals surface area contributed by atoms with Gasteiger partial charge in [0.1, 0.15) is 0 Å². The van der Waals surface area contributed by atoms with Crippen LogP contribution in [-0.2, 0) is 4.74 Å². The Hall–Kier alpha value is -1.07. The Labute approximate surface area is 102 Å². The van der Waals surface area contributed by atoms with Gasteiger partial charge in [0.15, 0.2) is 0 Å². The van der Waals surface area contributed by atoms with E-state index in [1.54, 1.807) is 7.11 Å². The van der Waals surface area contributed by atoms with Crippen molar-refractivity contribution < 1.29 is 14.6 Å². The molecule has 0 saturated carbocycles. The van der Waals surface area contributed by atoms with Crippen LogP contribution >= 0.6 is 0 Å².